The Hall–Kier alpha value is -3.18. The van der Waals surface area contributed by atoms with Gasteiger partial charge in [0.1, 0.15) is 0 Å². The maximum absolute atomic E-state index is 13.2. The highest BCUT2D eigenvalue weighted by Gasteiger charge is 2.23. The van der Waals surface area contributed by atoms with Gasteiger partial charge in [-0.3, -0.25) is 9.20 Å². The molecule has 4 aromatic rings. The summed E-state index contributed by atoms with van der Waals surface area (Å²) in [5.74, 6) is 1.03. The summed E-state index contributed by atoms with van der Waals surface area (Å²) >= 11 is 6.04. The van der Waals surface area contributed by atoms with Gasteiger partial charge < -0.3 is 5.32 Å². The van der Waals surface area contributed by atoms with Crippen LogP contribution in [0.25, 0.3) is 16.9 Å². The zero-order valence-electron chi connectivity index (χ0n) is 18.9. The number of aromatic nitrogens is 3. The van der Waals surface area contributed by atoms with Crippen molar-refractivity contribution in [3.63, 3.8) is 0 Å². The first-order valence-electron chi connectivity index (χ1n) is 11.5. The third kappa shape index (κ3) is 4.25. The number of imidazole rings is 1. The third-order valence-electron chi connectivity index (χ3n) is 6.68. The van der Waals surface area contributed by atoms with Gasteiger partial charge >= 0.3 is 0 Å². The van der Waals surface area contributed by atoms with Crippen molar-refractivity contribution >= 4 is 29.0 Å². The van der Waals surface area contributed by atoms with Gasteiger partial charge in [-0.05, 0) is 61.6 Å². The summed E-state index contributed by atoms with van der Waals surface area (Å²) in [6.07, 6.45) is 9.82. The largest absolute Gasteiger partial charge is 0.319 e. The highest BCUT2D eigenvalue weighted by atomic mass is 35.5. The molecule has 1 aliphatic carbocycles. The van der Waals surface area contributed by atoms with Crippen LogP contribution in [-0.4, -0.2) is 20.3 Å². The van der Waals surface area contributed by atoms with Gasteiger partial charge in [-0.1, -0.05) is 55.1 Å². The first kappa shape index (κ1) is 21.7. The Bertz CT molecular complexity index is 1320. The Morgan fingerprint density at radius 2 is 1.82 bits per heavy atom. The van der Waals surface area contributed by atoms with Crippen molar-refractivity contribution < 1.29 is 4.79 Å². The summed E-state index contributed by atoms with van der Waals surface area (Å²) in [6.45, 7) is 4.03. The average molecular weight is 459 g/mol. The van der Waals surface area contributed by atoms with Crippen molar-refractivity contribution in [1.82, 2.24) is 14.4 Å². The first-order valence-corrected chi connectivity index (χ1v) is 11.9. The maximum Gasteiger partial charge on any atom is 0.256 e. The van der Waals surface area contributed by atoms with Gasteiger partial charge in [0, 0.05) is 22.7 Å². The molecular weight excluding hydrogens is 432 g/mol. The van der Waals surface area contributed by atoms with Crippen LogP contribution in [0, 0.1) is 13.8 Å². The van der Waals surface area contributed by atoms with Crippen molar-refractivity contribution in [3.05, 3.63) is 82.4 Å². The van der Waals surface area contributed by atoms with Crippen LogP contribution in [0.4, 0.5) is 5.69 Å². The quantitative estimate of drug-likeness (QED) is 0.359. The number of halogens is 1. The third-order valence-corrected chi connectivity index (χ3v) is 6.94. The lowest BCUT2D eigenvalue weighted by Gasteiger charge is -2.22. The van der Waals surface area contributed by atoms with Crippen LogP contribution in [0.2, 0.25) is 5.02 Å². The molecule has 33 heavy (non-hydrogen) atoms. The Balaban J connectivity index is 1.45. The predicted octanol–water partition coefficient (Wildman–Crippen LogP) is 6.97. The maximum atomic E-state index is 13.2. The van der Waals surface area contributed by atoms with E-state index in [0.29, 0.717) is 28.0 Å². The van der Waals surface area contributed by atoms with Gasteiger partial charge in [0.05, 0.1) is 23.3 Å². The second-order valence-corrected chi connectivity index (χ2v) is 9.31. The average Bonchev–Trinajstić information content (AvgIpc) is 3.15. The van der Waals surface area contributed by atoms with E-state index in [4.69, 9.17) is 11.6 Å². The standard InChI is InChI=1S/C27H27ClN4O/c1-17-23(19-11-13-21(28)14-12-19)9-6-10-24(17)26(33)31-22-15-29-27-30-18(2)25(32(27)16-22)20-7-4-3-5-8-20/h6,9-16,20H,3-5,7-8H2,1-2H3,(H,31,33). The van der Waals surface area contributed by atoms with Crippen LogP contribution < -0.4 is 5.32 Å². The number of aryl methyl sites for hydroxylation is 1. The number of anilines is 1. The molecule has 2 aromatic carbocycles. The molecule has 0 atom stereocenters. The molecule has 0 radical (unpaired) electrons. The topological polar surface area (TPSA) is 59.3 Å². The molecule has 0 aliphatic heterocycles. The van der Waals surface area contributed by atoms with E-state index in [9.17, 15) is 4.79 Å². The van der Waals surface area contributed by atoms with E-state index < -0.39 is 0 Å². The fraction of sp³-hybridized carbons (Fsp3) is 0.296. The number of carbonyl (C=O) groups excluding carboxylic acids is 1. The van der Waals surface area contributed by atoms with Crippen molar-refractivity contribution in [2.24, 2.45) is 0 Å². The van der Waals surface area contributed by atoms with Gasteiger partial charge in [0.2, 0.25) is 5.78 Å². The lowest BCUT2D eigenvalue weighted by atomic mass is 9.86. The number of nitrogens with one attached hydrogen (secondary N) is 1. The van der Waals surface area contributed by atoms with E-state index in [1.54, 1.807) is 6.20 Å². The van der Waals surface area contributed by atoms with Gasteiger partial charge in [0.15, 0.2) is 0 Å². The number of nitrogens with zero attached hydrogens (tertiary/aromatic N) is 3. The predicted molar refractivity (Wildman–Crippen MR) is 133 cm³/mol. The molecule has 2 aromatic heterocycles. The molecule has 5 rings (SSSR count). The lowest BCUT2D eigenvalue weighted by Crippen LogP contribution is -2.15. The molecule has 0 saturated heterocycles. The summed E-state index contributed by atoms with van der Waals surface area (Å²) in [5, 5.41) is 3.74. The van der Waals surface area contributed by atoms with Gasteiger partial charge in [-0.25, -0.2) is 9.97 Å². The van der Waals surface area contributed by atoms with E-state index in [0.717, 1.165) is 22.4 Å². The van der Waals surface area contributed by atoms with Crippen LogP contribution in [-0.2, 0) is 0 Å². The van der Waals surface area contributed by atoms with Crippen LogP contribution in [0.5, 0.6) is 0 Å². The molecular formula is C27H27ClN4O. The van der Waals surface area contributed by atoms with E-state index >= 15 is 0 Å². The number of benzene rings is 2. The summed E-state index contributed by atoms with van der Waals surface area (Å²) in [5.41, 5.74) is 6.53. The molecule has 1 saturated carbocycles. The number of amides is 1. The number of carbonyl (C=O) groups is 1. The molecule has 168 valence electrons. The second-order valence-electron chi connectivity index (χ2n) is 8.87. The molecule has 0 bridgehead atoms. The monoisotopic (exact) mass is 458 g/mol. The smallest absolute Gasteiger partial charge is 0.256 e. The Morgan fingerprint density at radius 1 is 1.06 bits per heavy atom. The van der Waals surface area contributed by atoms with E-state index in [1.807, 2.05) is 55.6 Å². The summed E-state index contributed by atoms with van der Waals surface area (Å²) in [6, 6.07) is 13.4. The van der Waals surface area contributed by atoms with Gasteiger partial charge in [0.25, 0.3) is 5.91 Å². The van der Waals surface area contributed by atoms with Gasteiger partial charge in [-0.15, -0.1) is 0 Å². The second kappa shape index (κ2) is 8.99. The minimum Gasteiger partial charge on any atom is -0.319 e. The normalized spacial score (nSPS) is 14.5. The fourth-order valence-corrected chi connectivity index (χ4v) is 5.14. The Morgan fingerprint density at radius 3 is 2.58 bits per heavy atom. The first-order chi connectivity index (χ1) is 16.0. The number of hydrogen-bond acceptors (Lipinski definition) is 3. The van der Waals surface area contributed by atoms with Crippen molar-refractivity contribution in [1.29, 1.82) is 0 Å². The highest BCUT2D eigenvalue weighted by Crippen LogP contribution is 2.35. The van der Waals surface area contributed by atoms with Gasteiger partial charge in [-0.2, -0.15) is 0 Å². The number of rotatable bonds is 4. The fourth-order valence-electron chi connectivity index (χ4n) is 5.02. The lowest BCUT2D eigenvalue weighted by molar-refractivity contribution is 0.102. The molecule has 1 fully saturated rings. The molecule has 2 heterocycles. The summed E-state index contributed by atoms with van der Waals surface area (Å²) < 4.78 is 2.07. The minimum atomic E-state index is -0.152. The van der Waals surface area contributed by atoms with Crippen LogP contribution >= 0.6 is 11.6 Å². The van der Waals surface area contributed by atoms with Crippen molar-refractivity contribution in [2.75, 3.05) is 5.32 Å². The molecule has 0 unspecified atom stereocenters. The van der Waals surface area contributed by atoms with Crippen molar-refractivity contribution in [3.8, 4) is 11.1 Å². The number of hydrogen-bond donors (Lipinski definition) is 1. The molecule has 1 N–H and O–H groups in total. The number of fused-ring (bicyclic) bond motifs is 1. The summed E-state index contributed by atoms with van der Waals surface area (Å²) in [7, 11) is 0. The molecule has 5 nitrogen and oxygen atoms in total. The Kier molecular flexibility index (Phi) is 5.90. The zero-order chi connectivity index (χ0) is 22.9. The summed E-state index contributed by atoms with van der Waals surface area (Å²) in [4.78, 5) is 22.4. The van der Waals surface area contributed by atoms with Crippen LogP contribution in [0.3, 0.4) is 0 Å². The molecule has 0 spiro atoms. The van der Waals surface area contributed by atoms with E-state index in [2.05, 4.69) is 26.6 Å². The molecule has 1 amide bonds. The molecule has 1 aliphatic rings. The Labute approximate surface area is 198 Å². The minimum absolute atomic E-state index is 0.152. The van der Waals surface area contributed by atoms with Crippen LogP contribution in [0.15, 0.2) is 54.9 Å². The van der Waals surface area contributed by atoms with Crippen molar-refractivity contribution in [2.45, 2.75) is 51.9 Å². The van der Waals surface area contributed by atoms with E-state index in [1.165, 1.54) is 37.8 Å². The highest BCUT2D eigenvalue weighted by molar-refractivity contribution is 6.30. The molecule has 6 heteroatoms. The van der Waals surface area contributed by atoms with Crippen LogP contribution in [0.1, 0.15) is 65.3 Å². The SMILES string of the molecule is Cc1nc2ncc(NC(=O)c3cccc(-c4ccc(Cl)cc4)c3C)cn2c1C1CCCCC1. The van der Waals surface area contributed by atoms with E-state index in [-0.39, 0.29) is 5.91 Å². The zero-order valence-corrected chi connectivity index (χ0v) is 19.7.